The standard InChI is InChI=1S/C31H37N3O6/c1-20(35)32-25-18-21(31(2,3)4)19-26(29(25)38-5)33-30(37)28(36)24-10-11-27(23-9-7-6-8-22(23)24)40-17-14-34-12-15-39-16-13-34/h6-11,18-19H,12-17H2,1-5H3,(H,32,35)(H,33,37). The average Bonchev–Trinajstić information content (AvgIpc) is 2.92. The second-order valence-electron chi connectivity index (χ2n) is 10.8. The lowest BCUT2D eigenvalue weighted by atomic mass is 9.86. The Morgan fingerprint density at radius 3 is 2.23 bits per heavy atom. The van der Waals surface area contributed by atoms with Crippen LogP contribution in [0.3, 0.4) is 0 Å². The third kappa shape index (κ3) is 6.78. The van der Waals surface area contributed by atoms with Crippen molar-refractivity contribution in [2.24, 2.45) is 0 Å². The maximum Gasteiger partial charge on any atom is 0.296 e. The third-order valence-corrected chi connectivity index (χ3v) is 6.82. The predicted molar refractivity (Wildman–Crippen MR) is 156 cm³/mol. The minimum atomic E-state index is -0.815. The first-order chi connectivity index (χ1) is 19.1. The van der Waals surface area contributed by atoms with Crippen LogP contribution < -0.4 is 20.1 Å². The Morgan fingerprint density at radius 1 is 0.950 bits per heavy atom. The Hall–Kier alpha value is -3.95. The van der Waals surface area contributed by atoms with Gasteiger partial charge in [-0.1, -0.05) is 45.0 Å². The summed E-state index contributed by atoms with van der Waals surface area (Å²) in [6.07, 6.45) is 0. The molecule has 3 aromatic carbocycles. The van der Waals surface area contributed by atoms with Crippen molar-refractivity contribution in [1.82, 2.24) is 4.90 Å². The number of amides is 2. The molecule has 212 valence electrons. The number of rotatable bonds is 9. The Kier molecular flexibility index (Phi) is 9.07. The lowest BCUT2D eigenvalue weighted by molar-refractivity contribution is -0.114. The van der Waals surface area contributed by atoms with Gasteiger partial charge in [-0.3, -0.25) is 19.3 Å². The number of carbonyl (C=O) groups is 3. The van der Waals surface area contributed by atoms with Crippen molar-refractivity contribution < 1.29 is 28.6 Å². The number of anilines is 2. The van der Waals surface area contributed by atoms with Crippen molar-refractivity contribution in [3.8, 4) is 11.5 Å². The largest absolute Gasteiger partial charge is 0.492 e. The molecule has 0 spiro atoms. The molecule has 1 fully saturated rings. The number of methoxy groups -OCH3 is 1. The average molecular weight is 548 g/mol. The number of morpholine rings is 1. The van der Waals surface area contributed by atoms with Gasteiger partial charge >= 0.3 is 0 Å². The summed E-state index contributed by atoms with van der Waals surface area (Å²) in [4.78, 5) is 40.9. The van der Waals surface area contributed by atoms with Crippen LogP contribution in [0.25, 0.3) is 10.8 Å². The molecular formula is C31H37N3O6. The van der Waals surface area contributed by atoms with E-state index in [1.165, 1.54) is 14.0 Å². The highest BCUT2D eigenvalue weighted by Crippen LogP contribution is 2.39. The molecule has 2 amide bonds. The molecule has 9 nitrogen and oxygen atoms in total. The summed E-state index contributed by atoms with van der Waals surface area (Å²) in [6.45, 7) is 11.9. The zero-order valence-corrected chi connectivity index (χ0v) is 23.8. The van der Waals surface area contributed by atoms with Crippen molar-refractivity contribution in [2.75, 3.05) is 57.2 Å². The van der Waals surface area contributed by atoms with E-state index in [9.17, 15) is 14.4 Å². The van der Waals surface area contributed by atoms with Crippen LogP contribution in [-0.4, -0.2) is 69.1 Å². The monoisotopic (exact) mass is 547 g/mol. The van der Waals surface area contributed by atoms with E-state index in [0.29, 0.717) is 29.1 Å². The highest BCUT2D eigenvalue weighted by Gasteiger charge is 2.25. The van der Waals surface area contributed by atoms with Gasteiger partial charge in [0.1, 0.15) is 12.4 Å². The van der Waals surface area contributed by atoms with Crippen molar-refractivity contribution in [2.45, 2.75) is 33.1 Å². The smallest absolute Gasteiger partial charge is 0.296 e. The summed E-state index contributed by atoms with van der Waals surface area (Å²) in [7, 11) is 1.44. The molecule has 0 aliphatic carbocycles. The Bertz CT molecular complexity index is 1410. The SMILES string of the molecule is COc1c(NC(C)=O)cc(C(C)(C)C)cc1NC(=O)C(=O)c1ccc(OCCN2CCOCC2)c2ccccc12. The molecule has 0 atom stereocenters. The fraction of sp³-hybridized carbons (Fsp3) is 0.387. The topological polar surface area (TPSA) is 106 Å². The number of ether oxygens (including phenoxy) is 3. The molecule has 4 rings (SSSR count). The van der Waals surface area contributed by atoms with Gasteiger partial charge in [-0.2, -0.15) is 0 Å². The Labute approximate surface area is 234 Å². The number of nitrogens with zero attached hydrogens (tertiary/aromatic N) is 1. The quantitative estimate of drug-likeness (QED) is 0.297. The van der Waals surface area contributed by atoms with Crippen molar-refractivity contribution in [1.29, 1.82) is 0 Å². The Morgan fingerprint density at radius 2 is 1.60 bits per heavy atom. The maximum absolute atomic E-state index is 13.5. The van der Waals surface area contributed by atoms with Crippen LogP contribution in [-0.2, 0) is 19.7 Å². The molecule has 0 saturated carbocycles. The molecule has 3 aromatic rings. The molecule has 2 N–H and O–H groups in total. The summed E-state index contributed by atoms with van der Waals surface area (Å²) in [5, 5.41) is 6.86. The minimum absolute atomic E-state index is 0.262. The number of ketones is 1. The van der Waals surface area contributed by atoms with Gasteiger partial charge < -0.3 is 24.8 Å². The molecule has 0 unspecified atom stereocenters. The number of hydrogen-bond acceptors (Lipinski definition) is 7. The van der Waals surface area contributed by atoms with E-state index in [1.54, 1.807) is 24.3 Å². The van der Waals surface area contributed by atoms with Crippen LogP contribution in [0.5, 0.6) is 11.5 Å². The molecule has 1 aliphatic heterocycles. The summed E-state index contributed by atoms with van der Waals surface area (Å²) in [6, 6.07) is 14.3. The highest BCUT2D eigenvalue weighted by molar-refractivity contribution is 6.48. The predicted octanol–water partition coefficient (Wildman–Crippen LogP) is 4.64. The summed E-state index contributed by atoms with van der Waals surface area (Å²) in [5.41, 5.74) is 1.53. The molecular weight excluding hydrogens is 510 g/mol. The lowest BCUT2D eigenvalue weighted by Gasteiger charge is -2.26. The van der Waals surface area contributed by atoms with Gasteiger partial charge in [0.05, 0.1) is 31.7 Å². The number of nitrogens with one attached hydrogen (secondary N) is 2. The molecule has 9 heteroatoms. The zero-order valence-electron chi connectivity index (χ0n) is 23.8. The van der Waals surface area contributed by atoms with Gasteiger partial charge in [-0.15, -0.1) is 0 Å². The second-order valence-corrected chi connectivity index (χ2v) is 10.8. The van der Waals surface area contributed by atoms with Gasteiger partial charge in [-0.05, 0) is 40.6 Å². The van der Waals surface area contributed by atoms with Crippen LogP contribution >= 0.6 is 0 Å². The fourth-order valence-electron chi connectivity index (χ4n) is 4.66. The van der Waals surface area contributed by atoms with Gasteiger partial charge in [-0.25, -0.2) is 0 Å². The van der Waals surface area contributed by atoms with Crippen LogP contribution in [0.1, 0.15) is 43.6 Å². The molecule has 1 heterocycles. The van der Waals surface area contributed by atoms with Crippen LogP contribution in [0, 0.1) is 0 Å². The summed E-state index contributed by atoms with van der Waals surface area (Å²) < 4.78 is 17.0. The maximum atomic E-state index is 13.5. The summed E-state index contributed by atoms with van der Waals surface area (Å²) in [5.74, 6) is -0.875. The van der Waals surface area contributed by atoms with Crippen molar-refractivity contribution in [3.63, 3.8) is 0 Å². The van der Waals surface area contributed by atoms with Gasteiger partial charge in [0.15, 0.2) is 5.75 Å². The fourth-order valence-corrected chi connectivity index (χ4v) is 4.66. The molecule has 1 aliphatic rings. The van der Waals surface area contributed by atoms with Crippen LogP contribution in [0.15, 0.2) is 48.5 Å². The van der Waals surface area contributed by atoms with E-state index in [0.717, 1.165) is 43.8 Å². The first kappa shape index (κ1) is 29.0. The number of carbonyl (C=O) groups excluding carboxylic acids is 3. The number of hydrogen-bond donors (Lipinski definition) is 2. The Balaban J connectivity index is 1.59. The third-order valence-electron chi connectivity index (χ3n) is 6.82. The van der Waals surface area contributed by atoms with Gasteiger partial charge in [0, 0.05) is 37.5 Å². The second kappa shape index (κ2) is 12.5. The minimum Gasteiger partial charge on any atom is -0.492 e. The van der Waals surface area contributed by atoms with E-state index in [4.69, 9.17) is 14.2 Å². The summed E-state index contributed by atoms with van der Waals surface area (Å²) >= 11 is 0. The number of Topliss-reactive ketones (excluding diaryl/α,β-unsaturated/α-hetero) is 1. The van der Waals surface area contributed by atoms with Crippen molar-refractivity contribution in [3.05, 3.63) is 59.7 Å². The number of fused-ring (bicyclic) bond motifs is 1. The molecule has 40 heavy (non-hydrogen) atoms. The van der Waals surface area contributed by atoms with Gasteiger partial charge in [0.25, 0.3) is 11.7 Å². The van der Waals surface area contributed by atoms with E-state index in [-0.39, 0.29) is 22.6 Å². The first-order valence-corrected chi connectivity index (χ1v) is 13.4. The van der Waals surface area contributed by atoms with E-state index < -0.39 is 11.7 Å². The van der Waals surface area contributed by atoms with E-state index in [2.05, 4.69) is 15.5 Å². The van der Waals surface area contributed by atoms with Crippen LogP contribution in [0.4, 0.5) is 11.4 Å². The molecule has 1 saturated heterocycles. The highest BCUT2D eigenvalue weighted by atomic mass is 16.5. The number of benzene rings is 3. The normalized spacial score (nSPS) is 14.0. The van der Waals surface area contributed by atoms with Crippen LogP contribution in [0.2, 0.25) is 0 Å². The lowest BCUT2D eigenvalue weighted by Crippen LogP contribution is -2.38. The zero-order chi connectivity index (χ0) is 28.9. The molecule has 0 bridgehead atoms. The van der Waals surface area contributed by atoms with Crippen molar-refractivity contribution >= 4 is 39.7 Å². The van der Waals surface area contributed by atoms with E-state index >= 15 is 0 Å². The first-order valence-electron chi connectivity index (χ1n) is 13.4. The molecule has 0 radical (unpaired) electrons. The van der Waals surface area contributed by atoms with Gasteiger partial charge in [0.2, 0.25) is 5.91 Å². The van der Waals surface area contributed by atoms with E-state index in [1.807, 2.05) is 45.0 Å². The molecule has 0 aromatic heterocycles.